The molecule has 4 nitrogen and oxygen atoms in total. The molecule has 2 heterocycles. The van der Waals surface area contributed by atoms with Gasteiger partial charge in [0.1, 0.15) is 5.69 Å². The molecule has 1 amide bonds. The van der Waals surface area contributed by atoms with Crippen molar-refractivity contribution in [3.8, 4) is 0 Å². The highest BCUT2D eigenvalue weighted by atomic mass is 16.2. The summed E-state index contributed by atoms with van der Waals surface area (Å²) in [5, 5.41) is 0. The van der Waals surface area contributed by atoms with Crippen molar-refractivity contribution in [2.24, 2.45) is 0 Å². The maximum atomic E-state index is 13.2. The average molecular weight is 371 g/mol. The molecule has 28 heavy (non-hydrogen) atoms. The minimum absolute atomic E-state index is 0.0626. The van der Waals surface area contributed by atoms with E-state index in [9.17, 15) is 4.79 Å². The summed E-state index contributed by atoms with van der Waals surface area (Å²) in [6.45, 7) is 6.44. The van der Waals surface area contributed by atoms with Crippen LogP contribution in [0.25, 0.3) is 0 Å². The van der Waals surface area contributed by atoms with Crippen LogP contribution in [-0.4, -0.2) is 24.0 Å². The van der Waals surface area contributed by atoms with Crippen LogP contribution >= 0.6 is 0 Å². The maximum absolute atomic E-state index is 13.2. The van der Waals surface area contributed by atoms with Gasteiger partial charge in [-0.3, -0.25) is 9.78 Å². The number of amides is 1. The molecule has 1 aromatic heterocycles. The molecule has 0 N–H and O–H groups in total. The van der Waals surface area contributed by atoms with Crippen molar-refractivity contribution in [3.05, 3.63) is 89.2 Å². The van der Waals surface area contributed by atoms with Gasteiger partial charge in [-0.15, -0.1) is 0 Å². The van der Waals surface area contributed by atoms with Crippen LogP contribution in [0.2, 0.25) is 0 Å². The molecule has 0 fully saturated rings. The number of hydrogen-bond acceptors (Lipinski definition) is 3. The van der Waals surface area contributed by atoms with E-state index in [2.05, 4.69) is 34.1 Å². The smallest absolute Gasteiger partial charge is 0.276 e. The first kappa shape index (κ1) is 18.2. The molecule has 1 aliphatic heterocycles. The second kappa shape index (κ2) is 7.85. The zero-order valence-electron chi connectivity index (χ0n) is 16.4. The molecule has 1 aliphatic rings. The number of carbonyl (C=O) groups is 1. The molecular formula is C24H25N3O. The number of pyridine rings is 1. The highest BCUT2D eigenvalue weighted by Gasteiger charge is 2.21. The maximum Gasteiger partial charge on any atom is 0.276 e. The van der Waals surface area contributed by atoms with Crippen LogP contribution in [0.1, 0.15) is 34.1 Å². The molecule has 0 bridgehead atoms. The number of fused-ring (bicyclic) bond motifs is 1. The van der Waals surface area contributed by atoms with Gasteiger partial charge < -0.3 is 9.80 Å². The van der Waals surface area contributed by atoms with E-state index in [1.807, 2.05) is 50.2 Å². The fraction of sp³-hybridized carbons (Fsp3) is 0.250. The highest BCUT2D eigenvalue weighted by Crippen LogP contribution is 2.25. The molecule has 4 heteroatoms. The molecule has 0 atom stereocenters. The normalized spacial score (nSPS) is 13.1. The first-order valence-corrected chi connectivity index (χ1v) is 9.82. The van der Waals surface area contributed by atoms with Crippen LogP contribution in [-0.2, 0) is 13.0 Å². The SMILES string of the molecule is CCN(C(=O)c1cc(N2CCc3ccccc3C2)ccn1)c1cccc(C)c1. The van der Waals surface area contributed by atoms with Gasteiger partial charge in [-0.1, -0.05) is 36.4 Å². The Kier molecular flexibility index (Phi) is 5.11. The predicted molar refractivity (Wildman–Crippen MR) is 114 cm³/mol. The Bertz CT molecular complexity index is 998. The van der Waals surface area contributed by atoms with E-state index in [-0.39, 0.29) is 5.91 Å². The Labute approximate surface area is 166 Å². The van der Waals surface area contributed by atoms with Gasteiger partial charge in [-0.2, -0.15) is 0 Å². The van der Waals surface area contributed by atoms with Crippen molar-refractivity contribution in [3.63, 3.8) is 0 Å². The Balaban J connectivity index is 1.59. The van der Waals surface area contributed by atoms with Crippen LogP contribution in [0.3, 0.4) is 0 Å². The van der Waals surface area contributed by atoms with Gasteiger partial charge in [-0.05, 0) is 61.2 Å². The van der Waals surface area contributed by atoms with E-state index in [0.717, 1.165) is 36.4 Å². The Morgan fingerprint density at radius 1 is 1.07 bits per heavy atom. The monoisotopic (exact) mass is 371 g/mol. The Morgan fingerprint density at radius 2 is 1.89 bits per heavy atom. The number of anilines is 2. The average Bonchev–Trinajstić information content (AvgIpc) is 2.74. The Morgan fingerprint density at radius 3 is 2.68 bits per heavy atom. The molecule has 3 aromatic rings. The van der Waals surface area contributed by atoms with Gasteiger partial charge in [0.25, 0.3) is 5.91 Å². The molecule has 0 spiro atoms. The Hall–Kier alpha value is -3.14. The lowest BCUT2D eigenvalue weighted by atomic mass is 9.99. The number of rotatable bonds is 4. The summed E-state index contributed by atoms with van der Waals surface area (Å²) in [6.07, 6.45) is 2.76. The third-order valence-corrected chi connectivity index (χ3v) is 5.33. The fourth-order valence-electron chi connectivity index (χ4n) is 3.83. The molecule has 0 saturated heterocycles. The van der Waals surface area contributed by atoms with E-state index in [4.69, 9.17) is 0 Å². The van der Waals surface area contributed by atoms with Crippen molar-refractivity contribution >= 4 is 17.3 Å². The van der Waals surface area contributed by atoms with E-state index >= 15 is 0 Å². The van der Waals surface area contributed by atoms with Crippen molar-refractivity contribution in [1.29, 1.82) is 0 Å². The topological polar surface area (TPSA) is 36.4 Å². The lowest BCUT2D eigenvalue weighted by Crippen LogP contribution is -2.33. The summed E-state index contributed by atoms with van der Waals surface area (Å²) in [4.78, 5) is 21.6. The minimum atomic E-state index is -0.0626. The minimum Gasteiger partial charge on any atom is -0.367 e. The molecular weight excluding hydrogens is 346 g/mol. The largest absolute Gasteiger partial charge is 0.367 e. The van der Waals surface area contributed by atoms with Gasteiger partial charge >= 0.3 is 0 Å². The standard InChI is InChI=1S/C24H25N3O/c1-3-27(22-10-6-7-18(2)15-22)24(28)23-16-21(11-13-25-23)26-14-12-19-8-4-5-9-20(19)17-26/h4-11,13,15-16H,3,12,14,17H2,1-2H3. The van der Waals surface area contributed by atoms with Crippen molar-refractivity contribution in [2.45, 2.75) is 26.8 Å². The van der Waals surface area contributed by atoms with Crippen LogP contribution in [0.15, 0.2) is 66.9 Å². The van der Waals surface area contributed by atoms with Gasteiger partial charge in [0.15, 0.2) is 0 Å². The van der Waals surface area contributed by atoms with Crippen molar-refractivity contribution in [2.75, 3.05) is 22.9 Å². The number of aromatic nitrogens is 1. The van der Waals surface area contributed by atoms with Gasteiger partial charge in [-0.25, -0.2) is 0 Å². The van der Waals surface area contributed by atoms with Crippen LogP contribution in [0.5, 0.6) is 0 Å². The number of benzene rings is 2. The lowest BCUT2D eigenvalue weighted by Gasteiger charge is -2.31. The second-order valence-corrected chi connectivity index (χ2v) is 7.23. The molecule has 0 radical (unpaired) electrons. The van der Waals surface area contributed by atoms with E-state index < -0.39 is 0 Å². The van der Waals surface area contributed by atoms with Gasteiger partial charge in [0.2, 0.25) is 0 Å². The van der Waals surface area contributed by atoms with Crippen LogP contribution in [0.4, 0.5) is 11.4 Å². The quantitative estimate of drug-likeness (QED) is 0.671. The van der Waals surface area contributed by atoms with Gasteiger partial charge in [0.05, 0.1) is 0 Å². The van der Waals surface area contributed by atoms with E-state index in [1.165, 1.54) is 11.1 Å². The van der Waals surface area contributed by atoms with Crippen LogP contribution in [0, 0.1) is 6.92 Å². The second-order valence-electron chi connectivity index (χ2n) is 7.23. The molecule has 2 aromatic carbocycles. The van der Waals surface area contributed by atoms with Crippen molar-refractivity contribution < 1.29 is 4.79 Å². The number of hydrogen-bond donors (Lipinski definition) is 0. The summed E-state index contributed by atoms with van der Waals surface area (Å²) in [5.74, 6) is -0.0626. The third kappa shape index (κ3) is 3.63. The fourth-order valence-corrected chi connectivity index (χ4v) is 3.83. The molecule has 4 rings (SSSR count). The number of aryl methyl sites for hydroxylation is 1. The highest BCUT2D eigenvalue weighted by molar-refractivity contribution is 6.05. The van der Waals surface area contributed by atoms with Crippen LogP contribution < -0.4 is 9.80 Å². The summed E-state index contributed by atoms with van der Waals surface area (Å²) in [5.41, 5.74) is 6.35. The predicted octanol–water partition coefficient (Wildman–Crippen LogP) is 4.62. The molecule has 142 valence electrons. The summed E-state index contributed by atoms with van der Waals surface area (Å²) in [6, 6.07) is 20.5. The van der Waals surface area contributed by atoms with Gasteiger partial charge in [0, 0.05) is 37.2 Å². The molecule has 0 aliphatic carbocycles. The first-order chi connectivity index (χ1) is 13.7. The zero-order chi connectivity index (χ0) is 19.5. The van der Waals surface area contributed by atoms with Crippen molar-refractivity contribution in [1.82, 2.24) is 4.98 Å². The van der Waals surface area contributed by atoms with E-state index in [1.54, 1.807) is 11.1 Å². The summed E-state index contributed by atoms with van der Waals surface area (Å²) < 4.78 is 0. The number of carbonyl (C=O) groups excluding carboxylic acids is 1. The summed E-state index contributed by atoms with van der Waals surface area (Å²) in [7, 11) is 0. The molecule has 0 unspecified atom stereocenters. The first-order valence-electron chi connectivity index (χ1n) is 9.82. The zero-order valence-corrected chi connectivity index (χ0v) is 16.4. The summed E-state index contributed by atoms with van der Waals surface area (Å²) >= 11 is 0. The third-order valence-electron chi connectivity index (χ3n) is 5.33. The number of nitrogens with zero attached hydrogens (tertiary/aromatic N) is 3. The van der Waals surface area contributed by atoms with E-state index in [0.29, 0.717) is 12.2 Å². The lowest BCUT2D eigenvalue weighted by molar-refractivity contribution is 0.0983. The molecule has 0 saturated carbocycles.